The van der Waals surface area contributed by atoms with E-state index in [2.05, 4.69) is 4.98 Å². The van der Waals surface area contributed by atoms with Crippen molar-refractivity contribution >= 4 is 34.0 Å². The van der Waals surface area contributed by atoms with E-state index in [1.807, 2.05) is 65.0 Å². The van der Waals surface area contributed by atoms with Crippen molar-refractivity contribution in [2.45, 2.75) is 13.8 Å². The Hall–Kier alpha value is -0.970. The lowest BCUT2D eigenvalue weighted by atomic mass is 10.7. The summed E-state index contributed by atoms with van der Waals surface area (Å²) in [5, 5.41) is 10.1. The van der Waals surface area contributed by atoms with Crippen molar-refractivity contribution in [3.8, 4) is 0 Å². The van der Waals surface area contributed by atoms with Gasteiger partial charge in [-0.05, 0) is 21.5 Å². The van der Waals surface area contributed by atoms with Crippen LogP contribution >= 0.6 is 34.0 Å². The molecule has 3 aromatic rings. The number of hydrogen-bond acceptors (Lipinski definition) is 4. The monoisotopic (exact) mass is 283 g/mol. The fourth-order valence-electron chi connectivity index (χ4n) is 0.629. The molecule has 3 heterocycles. The van der Waals surface area contributed by atoms with Gasteiger partial charge in [-0.2, -0.15) is 22.7 Å². The van der Waals surface area contributed by atoms with Gasteiger partial charge in [0, 0.05) is 11.6 Å². The molecule has 0 aliphatic heterocycles. The number of nitrogens with zero attached hydrogens (tertiary/aromatic N) is 1. The largest absolute Gasteiger partial charge is 0.253 e. The van der Waals surface area contributed by atoms with Gasteiger partial charge in [0.1, 0.15) is 0 Å². The van der Waals surface area contributed by atoms with E-state index in [4.69, 9.17) is 0 Å². The summed E-state index contributed by atoms with van der Waals surface area (Å²) in [4.78, 5) is 3.74. The maximum atomic E-state index is 3.74. The number of hydrogen-bond donors (Lipinski definition) is 0. The first-order valence-corrected chi connectivity index (χ1v) is 8.09. The van der Waals surface area contributed by atoms with Crippen LogP contribution in [0.5, 0.6) is 0 Å². The lowest BCUT2D eigenvalue weighted by molar-refractivity contribution is 1.43. The van der Waals surface area contributed by atoms with Gasteiger partial charge < -0.3 is 0 Å². The van der Waals surface area contributed by atoms with Crippen LogP contribution < -0.4 is 0 Å². The van der Waals surface area contributed by atoms with Crippen LogP contribution in [0.1, 0.15) is 13.8 Å². The van der Waals surface area contributed by atoms with E-state index < -0.39 is 0 Å². The van der Waals surface area contributed by atoms with Crippen LogP contribution in [0.2, 0.25) is 0 Å². The third-order valence-corrected chi connectivity index (χ3v) is 2.98. The fraction of sp³-hybridized carbons (Fsp3) is 0.154. The highest BCUT2D eigenvalue weighted by molar-refractivity contribution is 7.08. The lowest BCUT2D eigenvalue weighted by Crippen LogP contribution is -1.38. The Kier molecular flexibility index (Phi) is 14.2. The molecule has 4 heteroatoms. The van der Waals surface area contributed by atoms with Crippen molar-refractivity contribution in [3.63, 3.8) is 0 Å². The normalized spacial score (nSPS) is 7.41. The van der Waals surface area contributed by atoms with E-state index in [-0.39, 0.29) is 0 Å². The van der Waals surface area contributed by atoms with E-state index >= 15 is 0 Å². The summed E-state index contributed by atoms with van der Waals surface area (Å²) >= 11 is 5.03. The smallest absolute Gasteiger partial charge is 0.0791 e. The topological polar surface area (TPSA) is 12.9 Å². The molecule has 0 fully saturated rings. The van der Waals surface area contributed by atoms with Crippen LogP contribution in [0.15, 0.2) is 62.9 Å². The number of aromatic nitrogens is 1. The number of rotatable bonds is 0. The second-order valence-electron chi connectivity index (χ2n) is 2.26. The molecule has 0 spiro atoms. The molecule has 0 aliphatic rings. The molecule has 0 amide bonds. The zero-order chi connectivity index (χ0) is 12.6. The third-order valence-electron chi connectivity index (χ3n) is 1.20. The second kappa shape index (κ2) is 15.0. The van der Waals surface area contributed by atoms with Crippen LogP contribution in [0.25, 0.3) is 0 Å². The van der Waals surface area contributed by atoms with Gasteiger partial charge in [0.05, 0.1) is 5.51 Å². The summed E-state index contributed by atoms with van der Waals surface area (Å²) in [6, 6.07) is 8.07. The van der Waals surface area contributed by atoms with Crippen molar-refractivity contribution in [1.29, 1.82) is 0 Å². The minimum atomic E-state index is 1.60. The Morgan fingerprint density at radius 3 is 1.24 bits per heavy atom. The minimum Gasteiger partial charge on any atom is -0.253 e. The molecule has 0 saturated carbocycles. The molecule has 1 nitrogen and oxygen atoms in total. The van der Waals surface area contributed by atoms with Gasteiger partial charge >= 0.3 is 0 Å². The van der Waals surface area contributed by atoms with Crippen molar-refractivity contribution in [3.05, 3.63) is 62.9 Å². The van der Waals surface area contributed by atoms with Gasteiger partial charge in [-0.1, -0.05) is 38.1 Å². The van der Waals surface area contributed by atoms with E-state index in [0.29, 0.717) is 0 Å². The Labute approximate surface area is 115 Å². The SMILES string of the molecule is CC.c1ccsc1.c1ccsc1.c1cscn1. The summed E-state index contributed by atoms with van der Waals surface area (Å²) in [7, 11) is 0. The molecule has 0 N–H and O–H groups in total. The number of thiazole rings is 1. The highest BCUT2D eigenvalue weighted by Gasteiger charge is 1.60. The Morgan fingerprint density at radius 2 is 1.12 bits per heavy atom. The van der Waals surface area contributed by atoms with Crippen LogP contribution in [-0.4, -0.2) is 4.98 Å². The predicted molar refractivity (Wildman–Crippen MR) is 82.1 cm³/mol. The first-order chi connectivity index (χ1) is 8.50. The second-order valence-corrected chi connectivity index (χ2v) is 4.65. The van der Waals surface area contributed by atoms with E-state index in [0.717, 1.165) is 0 Å². The molecule has 17 heavy (non-hydrogen) atoms. The molecule has 0 unspecified atom stereocenters. The van der Waals surface area contributed by atoms with Gasteiger partial charge in [0.25, 0.3) is 0 Å². The van der Waals surface area contributed by atoms with Crippen LogP contribution in [0, 0.1) is 0 Å². The van der Waals surface area contributed by atoms with Crippen LogP contribution in [-0.2, 0) is 0 Å². The van der Waals surface area contributed by atoms with E-state index in [1.165, 1.54) is 0 Å². The van der Waals surface area contributed by atoms with Crippen molar-refractivity contribution in [1.82, 2.24) is 4.98 Å². The first-order valence-electron chi connectivity index (χ1n) is 5.26. The third kappa shape index (κ3) is 13.0. The summed E-state index contributed by atoms with van der Waals surface area (Å²) in [5.41, 5.74) is 1.79. The number of thiophene rings is 2. The van der Waals surface area contributed by atoms with Crippen molar-refractivity contribution in [2.24, 2.45) is 0 Å². The molecule has 0 aromatic carbocycles. The predicted octanol–water partition coefficient (Wildman–Crippen LogP) is 5.67. The molecular weight excluding hydrogens is 266 g/mol. The molecule has 0 radical (unpaired) electrons. The average molecular weight is 283 g/mol. The maximum absolute atomic E-state index is 3.74. The van der Waals surface area contributed by atoms with Crippen molar-refractivity contribution in [2.75, 3.05) is 0 Å². The van der Waals surface area contributed by atoms with Gasteiger partial charge in [0.15, 0.2) is 0 Å². The molecule has 0 saturated heterocycles. The maximum Gasteiger partial charge on any atom is 0.0791 e. The van der Waals surface area contributed by atoms with Crippen molar-refractivity contribution < 1.29 is 0 Å². The van der Waals surface area contributed by atoms with Gasteiger partial charge in [-0.25, -0.2) is 0 Å². The van der Waals surface area contributed by atoms with Gasteiger partial charge in [0.2, 0.25) is 0 Å². The lowest BCUT2D eigenvalue weighted by Gasteiger charge is -1.41. The average Bonchev–Trinajstić information content (AvgIpc) is 3.16. The Morgan fingerprint density at radius 1 is 0.647 bits per heavy atom. The zero-order valence-corrected chi connectivity index (χ0v) is 12.5. The van der Waals surface area contributed by atoms with E-state index in [1.54, 1.807) is 45.7 Å². The molecule has 3 rings (SSSR count). The van der Waals surface area contributed by atoms with Crippen LogP contribution in [0.3, 0.4) is 0 Å². The Bertz CT molecular complexity index is 249. The summed E-state index contributed by atoms with van der Waals surface area (Å²) in [6.07, 6.45) is 1.77. The molecule has 0 bridgehead atoms. The molecule has 3 aromatic heterocycles. The van der Waals surface area contributed by atoms with Gasteiger partial charge in [-0.15, -0.1) is 11.3 Å². The highest BCUT2D eigenvalue weighted by Crippen LogP contribution is 1.92. The quantitative estimate of drug-likeness (QED) is 0.518. The highest BCUT2D eigenvalue weighted by atomic mass is 32.1. The summed E-state index contributed by atoms with van der Waals surface area (Å²) in [5.74, 6) is 0. The van der Waals surface area contributed by atoms with Gasteiger partial charge in [-0.3, -0.25) is 4.98 Å². The first kappa shape index (κ1) is 16.0. The molecular formula is C13H17NS3. The van der Waals surface area contributed by atoms with E-state index in [9.17, 15) is 0 Å². The zero-order valence-electron chi connectivity index (χ0n) is 10.0. The molecule has 92 valence electrons. The minimum absolute atomic E-state index is 1.60. The standard InChI is InChI=1S/2C4H4S.C3H3NS.C2H6/c2*1-2-4-5-3-1;1-2-5-3-4-1;1-2/h2*1-4H;1-3H;1-2H3. The molecule has 0 atom stereocenters. The molecule has 0 aliphatic carbocycles. The Balaban J connectivity index is 0.000000211. The van der Waals surface area contributed by atoms with Crippen LogP contribution in [0.4, 0.5) is 0 Å². The summed E-state index contributed by atoms with van der Waals surface area (Å²) in [6.45, 7) is 4.00. The fourth-order valence-corrected chi connectivity index (χ4v) is 1.89. The summed E-state index contributed by atoms with van der Waals surface area (Å²) < 4.78 is 0.